The normalized spacial score (nSPS) is 14.8. The molecule has 0 bridgehead atoms. The number of nitrogens with zero attached hydrogens (tertiary/aromatic N) is 1. The molecular formula is C17H14INO4. The molecule has 0 saturated carbocycles. The van der Waals surface area contributed by atoms with E-state index in [1.165, 1.54) is 0 Å². The van der Waals surface area contributed by atoms with Crippen LogP contribution in [0.5, 0.6) is 11.5 Å². The Morgan fingerprint density at radius 3 is 2.87 bits per heavy atom. The van der Waals surface area contributed by atoms with Crippen LogP contribution < -0.4 is 9.47 Å². The fourth-order valence-electron chi connectivity index (χ4n) is 2.25. The van der Waals surface area contributed by atoms with Gasteiger partial charge in [-0.1, -0.05) is 17.3 Å². The molecule has 118 valence electrons. The molecule has 2 aromatic carbocycles. The van der Waals surface area contributed by atoms with Crippen LogP contribution in [-0.4, -0.2) is 25.4 Å². The molecule has 0 amide bonds. The summed E-state index contributed by atoms with van der Waals surface area (Å²) in [6, 6.07) is 12.7. The van der Waals surface area contributed by atoms with Crippen LogP contribution in [0.2, 0.25) is 0 Å². The molecule has 0 fully saturated rings. The van der Waals surface area contributed by atoms with Gasteiger partial charge in [-0.2, -0.15) is 0 Å². The Bertz CT molecular complexity index is 773. The summed E-state index contributed by atoms with van der Waals surface area (Å²) >= 11 is 2.09. The predicted molar refractivity (Wildman–Crippen MR) is 94.2 cm³/mol. The number of hydrogen-bond acceptors (Lipinski definition) is 5. The van der Waals surface area contributed by atoms with Gasteiger partial charge in [-0.15, -0.1) is 0 Å². The number of fused-ring (bicyclic) bond motifs is 1. The highest BCUT2D eigenvalue weighted by Gasteiger charge is 2.19. The van der Waals surface area contributed by atoms with E-state index in [-0.39, 0.29) is 0 Å². The van der Waals surface area contributed by atoms with Gasteiger partial charge in [0.25, 0.3) is 0 Å². The summed E-state index contributed by atoms with van der Waals surface area (Å²) in [5, 5.41) is 4.04. The molecule has 0 N–H and O–H groups in total. The summed E-state index contributed by atoms with van der Waals surface area (Å²) in [6.45, 7) is 0.486. The van der Waals surface area contributed by atoms with Gasteiger partial charge in [0.15, 0.2) is 0 Å². The van der Waals surface area contributed by atoms with E-state index in [9.17, 15) is 4.79 Å². The Morgan fingerprint density at radius 2 is 2.09 bits per heavy atom. The molecule has 2 aromatic rings. The number of benzene rings is 2. The first kappa shape index (κ1) is 15.8. The third-order valence-corrected chi connectivity index (χ3v) is 4.37. The van der Waals surface area contributed by atoms with Gasteiger partial charge in [0.2, 0.25) is 0 Å². The lowest BCUT2D eigenvalue weighted by Gasteiger charge is -2.19. The van der Waals surface area contributed by atoms with Crippen LogP contribution in [0, 0.1) is 3.57 Å². The van der Waals surface area contributed by atoms with E-state index in [1.807, 2.05) is 24.3 Å². The van der Waals surface area contributed by atoms with Crippen molar-refractivity contribution in [3.63, 3.8) is 0 Å². The Kier molecular flexibility index (Phi) is 4.80. The first-order valence-electron chi connectivity index (χ1n) is 7.03. The van der Waals surface area contributed by atoms with Crippen LogP contribution in [-0.2, 0) is 4.84 Å². The average molecular weight is 423 g/mol. The predicted octanol–water partition coefficient (Wildman–Crippen LogP) is 3.64. The lowest BCUT2D eigenvalue weighted by atomic mass is 10.0. The molecule has 1 aliphatic heterocycles. The van der Waals surface area contributed by atoms with Crippen LogP contribution >= 0.6 is 22.6 Å². The molecule has 0 atom stereocenters. The SMILES string of the molecule is COc1ccc2c(c1)OCC/C2=N\OC(=O)c1ccccc1I. The fourth-order valence-corrected chi connectivity index (χ4v) is 2.85. The molecule has 23 heavy (non-hydrogen) atoms. The average Bonchev–Trinajstić information content (AvgIpc) is 2.59. The monoisotopic (exact) mass is 423 g/mol. The molecule has 0 unspecified atom stereocenters. The Morgan fingerprint density at radius 1 is 1.26 bits per heavy atom. The van der Waals surface area contributed by atoms with Crippen LogP contribution in [0.4, 0.5) is 0 Å². The number of carbonyl (C=O) groups excluding carboxylic acids is 1. The zero-order valence-electron chi connectivity index (χ0n) is 12.4. The number of methoxy groups -OCH3 is 1. The number of rotatable bonds is 3. The van der Waals surface area contributed by atoms with Crippen molar-refractivity contribution in [2.24, 2.45) is 5.16 Å². The maximum absolute atomic E-state index is 12.1. The number of oxime groups is 1. The maximum Gasteiger partial charge on any atom is 0.366 e. The largest absolute Gasteiger partial charge is 0.497 e. The molecule has 5 nitrogen and oxygen atoms in total. The second-order valence-electron chi connectivity index (χ2n) is 4.86. The minimum Gasteiger partial charge on any atom is -0.497 e. The summed E-state index contributed by atoms with van der Waals surface area (Å²) < 4.78 is 11.6. The van der Waals surface area contributed by atoms with Crippen molar-refractivity contribution in [2.45, 2.75) is 6.42 Å². The highest BCUT2D eigenvalue weighted by atomic mass is 127. The summed E-state index contributed by atoms with van der Waals surface area (Å²) in [7, 11) is 1.60. The number of carbonyl (C=O) groups is 1. The third-order valence-electron chi connectivity index (χ3n) is 3.43. The number of hydrogen-bond donors (Lipinski definition) is 0. The standard InChI is InChI=1S/C17H14INO4/c1-21-11-6-7-13-15(8-9-22-16(13)10-11)19-23-17(20)12-4-2-3-5-14(12)18/h2-7,10H,8-9H2,1H3/b19-15+. The Labute approximate surface area is 147 Å². The minimum atomic E-state index is -0.468. The van der Waals surface area contributed by atoms with Gasteiger partial charge in [0, 0.05) is 21.6 Å². The van der Waals surface area contributed by atoms with E-state index in [0.717, 1.165) is 9.13 Å². The molecule has 0 saturated heterocycles. The first-order valence-corrected chi connectivity index (χ1v) is 8.11. The van der Waals surface area contributed by atoms with Crippen LogP contribution in [0.15, 0.2) is 47.6 Å². The molecule has 0 aromatic heterocycles. The second kappa shape index (κ2) is 6.99. The smallest absolute Gasteiger partial charge is 0.366 e. The third kappa shape index (κ3) is 3.47. The van der Waals surface area contributed by atoms with Gasteiger partial charge in [-0.25, -0.2) is 4.79 Å². The van der Waals surface area contributed by atoms with Gasteiger partial charge in [0.1, 0.15) is 11.5 Å². The van der Waals surface area contributed by atoms with E-state index in [2.05, 4.69) is 27.7 Å². The van der Waals surface area contributed by atoms with Crippen molar-refractivity contribution < 1.29 is 19.1 Å². The van der Waals surface area contributed by atoms with Gasteiger partial charge < -0.3 is 14.3 Å². The van der Waals surface area contributed by atoms with Crippen molar-refractivity contribution in [2.75, 3.05) is 13.7 Å². The minimum absolute atomic E-state index is 0.468. The molecule has 6 heteroatoms. The Hall–Kier alpha value is -2.09. The fraction of sp³-hybridized carbons (Fsp3) is 0.176. The van der Waals surface area contributed by atoms with Crippen molar-refractivity contribution in [1.82, 2.24) is 0 Å². The summed E-state index contributed by atoms with van der Waals surface area (Å²) in [6.07, 6.45) is 0.582. The molecule has 0 radical (unpaired) electrons. The zero-order chi connectivity index (χ0) is 16.2. The van der Waals surface area contributed by atoms with Crippen molar-refractivity contribution >= 4 is 34.3 Å². The van der Waals surface area contributed by atoms with E-state index in [4.69, 9.17) is 14.3 Å². The van der Waals surface area contributed by atoms with Crippen LogP contribution in [0.3, 0.4) is 0 Å². The first-order chi connectivity index (χ1) is 11.2. The van der Waals surface area contributed by atoms with Gasteiger partial charge in [-0.05, 0) is 46.9 Å². The van der Waals surface area contributed by atoms with E-state index < -0.39 is 5.97 Å². The lowest BCUT2D eigenvalue weighted by molar-refractivity contribution is 0.0513. The van der Waals surface area contributed by atoms with Crippen LogP contribution in [0.25, 0.3) is 0 Å². The number of halogens is 1. The molecule has 0 spiro atoms. The van der Waals surface area contributed by atoms with Gasteiger partial charge in [0.05, 0.1) is 25.0 Å². The van der Waals surface area contributed by atoms with E-state index >= 15 is 0 Å². The van der Waals surface area contributed by atoms with Crippen molar-refractivity contribution in [3.05, 3.63) is 57.2 Å². The highest BCUT2D eigenvalue weighted by Crippen LogP contribution is 2.29. The molecule has 3 rings (SSSR count). The van der Waals surface area contributed by atoms with Crippen molar-refractivity contribution in [3.8, 4) is 11.5 Å². The maximum atomic E-state index is 12.1. The van der Waals surface area contributed by atoms with E-state index in [0.29, 0.717) is 35.8 Å². The molecule has 0 aliphatic carbocycles. The molecule has 1 aliphatic rings. The highest BCUT2D eigenvalue weighted by molar-refractivity contribution is 14.1. The summed E-state index contributed by atoms with van der Waals surface area (Å²) in [5.41, 5.74) is 2.00. The van der Waals surface area contributed by atoms with Crippen LogP contribution in [0.1, 0.15) is 22.3 Å². The van der Waals surface area contributed by atoms with E-state index in [1.54, 1.807) is 25.3 Å². The van der Waals surface area contributed by atoms with Crippen molar-refractivity contribution in [1.29, 1.82) is 0 Å². The molecule has 1 heterocycles. The summed E-state index contributed by atoms with van der Waals surface area (Å²) in [5.74, 6) is 0.921. The zero-order valence-corrected chi connectivity index (χ0v) is 14.6. The Balaban J connectivity index is 1.82. The van der Waals surface area contributed by atoms with Gasteiger partial charge in [-0.3, -0.25) is 0 Å². The summed E-state index contributed by atoms with van der Waals surface area (Å²) in [4.78, 5) is 17.3. The topological polar surface area (TPSA) is 57.1 Å². The van der Waals surface area contributed by atoms with Gasteiger partial charge >= 0.3 is 5.97 Å². The lowest BCUT2D eigenvalue weighted by Crippen LogP contribution is -2.17. The molecular weight excluding hydrogens is 409 g/mol. The second-order valence-corrected chi connectivity index (χ2v) is 6.02. The quantitative estimate of drug-likeness (QED) is 0.430. The number of ether oxygens (including phenoxy) is 2.